The van der Waals surface area contributed by atoms with E-state index in [1.807, 2.05) is 0 Å². The molecule has 3 aliphatic heterocycles. The van der Waals surface area contributed by atoms with Crippen molar-refractivity contribution in [2.75, 3.05) is 52.6 Å². The third kappa shape index (κ3) is 4.72. The molecule has 1 N–H and O–H groups in total. The number of nitrogens with one attached hydrogen (secondary N) is 1. The van der Waals surface area contributed by atoms with Crippen LogP contribution in [0.3, 0.4) is 0 Å². The van der Waals surface area contributed by atoms with Crippen molar-refractivity contribution in [1.29, 1.82) is 0 Å². The number of fused-ring (bicyclic) bond motifs is 1. The average molecular weight is 391 g/mol. The standard InChI is InChI=1S/C18H26N2O3.2ClH/c1-2-16-17(23-12-11-22-16)13-15(1)18(14-3-9-21-10-4-14)20-7-5-19-6-8-20;;/h1-2,13-14,18-19H,3-12H2;2*1H/t18-;;/m0../s1. The molecule has 1 aromatic carbocycles. The highest BCUT2D eigenvalue weighted by atomic mass is 35.5. The molecular weight excluding hydrogens is 363 g/mol. The van der Waals surface area contributed by atoms with Crippen LogP contribution in [0.15, 0.2) is 18.2 Å². The summed E-state index contributed by atoms with van der Waals surface area (Å²) < 4.78 is 17.1. The lowest BCUT2D eigenvalue weighted by Gasteiger charge is -2.41. The van der Waals surface area contributed by atoms with Crippen LogP contribution in [0.1, 0.15) is 24.4 Å². The van der Waals surface area contributed by atoms with Crippen LogP contribution in [0.25, 0.3) is 0 Å². The van der Waals surface area contributed by atoms with Crippen molar-refractivity contribution in [3.8, 4) is 11.5 Å². The molecule has 0 aromatic heterocycles. The molecule has 0 aliphatic carbocycles. The van der Waals surface area contributed by atoms with E-state index in [1.54, 1.807) is 0 Å². The van der Waals surface area contributed by atoms with Crippen molar-refractivity contribution < 1.29 is 14.2 Å². The number of halogens is 2. The zero-order chi connectivity index (χ0) is 15.5. The number of rotatable bonds is 3. The number of hydrogen-bond donors (Lipinski definition) is 1. The lowest BCUT2D eigenvalue weighted by atomic mass is 9.85. The smallest absolute Gasteiger partial charge is 0.161 e. The first kappa shape index (κ1) is 20.6. The Labute approximate surface area is 162 Å². The molecule has 0 spiro atoms. The lowest BCUT2D eigenvalue weighted by Crippen LogP contribution is -2.47. The van der Waals surface area contributed by atoms with Gasteiger partial charge in [0.2, 0.25) is 0 Å². The number of benzene rings is 1. The number of hydrogen-bond acceptors (Lipinski definition) is 5. The van der Waals surface area contributed by atoms with Crippen LogP contribution in [-0.4, -0.2) is 57.5 Å². The van der Waals surface area contributed by atoms with Crippen molar-refractivity contribution in [2.24, 2.45) is 5.92 Å². The first-order chi connectivity index (χ1) is 11.4. The van der Waals surface area contributed by atoms with Crippen LogP contribution in [0.4, 0.5) is 0 Å². The number of ether oxygens (including phenoxy) is 3. The third-order valence-electron chi connectivity index (χ3n) is 5.17. The van der Waals surface area contributed by atoms with Gasteiger partial charge in [-0.3, -0.25) is 4.90 Å². The molecule has 0 radical (unpaired) electrons. The van der Waals surface area contributed by atoms with Crippen LogP contribution in [0, 0.1) is 5.92 Å². The zero-order valence-electron chi connectivity index (χ0n) is 14.4. The van der Waals surface area contributed by atoms with Gasteiger partial charge in [0, 0.05) is 45.4 Å². The van der Waals surface area contributed by atoms with Gasteiger partial charge in [-0.2, -0.15) is 0 Å². The average Bonchev–Trinajstić information content (AvgIpc) is 2.64. The van der Waals surface area contributed by atoms with E-state index in [-0.39, 0.29) is 24.8 Å². The Morgan fingerprint density at radius 3 is 2.32 bits per heavy atom. The SMILES string of the molecule is Cl.Cl.c1cc2c(cc1[C@H](C1CCOCC1)N1CCNCC1)OCCO2. The van der Waals surface area contributed by atoms with Crippen LogP contribution >= 0.6 is 24.8 Å². The molecule has 7 heteroatoms. The molecular formula is C18H28Cl2N2O3. The van der Waals surface area contributed by atoms with E-state index in [1.165, 1.54) is 5.56 Å². The van der Waals surface area contributed by atoms with Gasteiger partial charge in [-0.1, -0.05) is 6.07 Å². The summed E-state index contributed by atoms with van der Waals surface area (Å²) in [5.41, 5.74) is 1.36. The molecule has 0 unspecified atom stereocenters. The van der Waals surface area contributed by atoms with Gasteiger partial charge in [0.25, 0.3) is 0 Å². The maximum Gasteiger partial charge on any atom is 0.161 e. The van der Waals surface area contributed by atoms with Crippen molar-refractivity contribution in [3.05, 3.63) is 23.8 Å². The summed E-state index contributed by atoms with van der Waals surface area (Å²) in [5.74, 6) is 2.44. The minimum atomic E-state index is 0. The maximum absolute atomic E-state index is 5.81. The Kier molecular flexibility index (Phi) is 8.10. The van der Waals surface area contributed by atoms with Gasteiger partial charge in [-0.05, 0) is 36.5 Å². The van der Waals surface area contributed by atoms with Crippen LogP contribution in [0.5, 0.6) is 11.5 Å². The fraction of sp³-hybridized carbons (Fsp3) is 0.667. The molecule has 142 valence electrons. The van der Waals surface area contributed by atoms with E-state index in [0.29, 0.717) is 25.2 Å². The number of piperazine rings is 1. The van der Waals surface area contributed by atoms with Crippen molar-refractivity contribution in [3.63, 3.8) is 0 Å². The second kappa shape index (κ2) is 9.83. The molecule has 1 aromatic rings. The Balaban J connectivity index is 0.00000113. The molecule has 0 saturated carbocycles. The van der Waals surface area contributed by atoms with Gasteiger partial charge in [0.05, 0.1) is 0 Å². The molecule has 4 rings (SSSR count). The van der Waals surface area contributed by atoms with E-state index in [0.717, 1.165) is 63.7 Å². The second-order valence-electron chi connectivity index (χ2n) is 6.58. The zero-order valence-corrected chi connectivity index (χ0v) is 16.1. The number of nitrogens with zero attached hydrogens (tertiary/aromatic N) is 1. The molecule has 2 saturated heterocycles. The van der Waals surface area contributed by atoms with Crippen LogP contribution in [-0.2, 0) is 4.74 Å². The highest BCUT2D eigenvalue weighted by Gasteiger charge is 2.32. The van der Waals surface area contributed by atoms with E-state index >= 15 is 0 Å². The maximum atomic E-state index is 5.81. The van der Waals surface area contributed by atoms with Gasteiger partial charge in [0.1, 0.15) is 13.2 Å². The predicted molar refractivity (Wildman–Crippen MR) is 103 cm³/mol. The lowest BCUT2D eigenvalue weighted by molar-refractivity contribution is 0.0211. The molecule has 3 heterocycles. The highest BCUT2D eigenvalue weighted by Crippen LogP contribution is 2.39. The van der Waals surface area contributed by atoms with Gasteiger partial charge < -0.3 is 19.5 Å². The van der Waals surface area contributed by atoms with Gasteiger partial charge in [-0.15, -0.1) is 24.8 Å². The summed E-state index contributed by atoms with van der Waals surface area (Å²) in [5, 5.41) is 3.46. The monoisotopic (exact) mass is 390 g/mol. The molecule has 0 bridgehead atoms. The third-order valence-corrected chi connectivity index (χ3v) is 5.17. The molecule has 2 fully saturated rings. The first-order valence-electron chi connectivity index (χ1n) is 8.84. The topological polar surface area (TPSA) is 43.0 Å². The summed E-state index contributed by atoms with van der Waals surface area (Å²) in [7, 11) is 0. The predicted octanol–water partition coefficient (Wildman–Crippen LogP) is 2.67. The molecule has 3 aliphatic rings. The Hall–Kier alpha value is -0.720. The fourth-order valence-electron chi connectivity index (χ4n) is 4.02. The van der Waals surface area contributed by atoms with E-state index < -0.39 is 0 Å². The van der Waals surface area contributed by atoms with Crippen molar-refractivity contribution >= 4 is 24.8 Å². The van der Waals surface area contributed by atoms with Crippen LogP contribution in [0.2, 0.25) is 0 Å². The molecule has 25 heavy (non-hydrogen) atoms. The highest BCUT2D eigenvalue weighted by molar-refractivity contribution is 5.85. The Morgan fingerprint density at radius 2 is 1.60 bits per heavy atom. The fourth-order valence-corrected chi connectivity index (χ4v) is 4.02. The summed E-state index contributed by atoms with van der Waals surface area (Å²) in [6.07, 6.45) is 2.28. The largest absolute Gasteiger partial charge is 0.486 e. The van der Waals surface area contributed by atoms with E-state index in [9.17, 15) is 0 Å². The van der Waals surface area contributed by atoms with Gasteiger partial charge in [-0.25, -0.2) is 0 Å². The minimum Gasteiger partial charge on any atom is -0.486 e. The van der Waals surface area contributed by atoms with Crippen molar-refractivity contribution in [1.82, 2.24) is 10.2 Å². The van der Waals surface area contributed by atoms with E-state index in [2.05, 4.69) is 28.4 Å². The summed E-state index contributed by atoms with van der Waals surface area (Å²) in [6, 6.07) is 6.97. The first-order valence-corrected chi connectivity index (χ1v) is 8.84. The Morgan fingerprint density at radius 1 is 0.920 bits per heavy atom. The molecule has 1 atom stereocenters. The van der Waals surface area contributed by atoms with Gasteiger partial charge >= 0.3 is 0 Å². The quantitative estimate of drug-likeness (QED) is 0.858. The summed E-state index contributed by atoms with van der Waals surface area (Å²) in [6.45, 7) is 7.43. The van der Waals surface area contributed by atoms with Gasteiger partial charge in [0.15, 0.2) is 11.5 Å². The van der Waals surface area contributed by atoms with Crippen LogP contribution < -0.4 is 14.8 Å². The molecule has 5 nitrogen and oxygen atoms in total. The van der Waals surface area contributed by atoms with Crippen molar-refractivity contribution in [2.45, 2.75) is 18.9 Å². The minimum absolute atomic E-state index is 0. The summed E-state index contributed by atoms with van der Waals surface area (Å²) in [4.78, 5) is 2.64. The summed E-state index contributed by atoms with van der Waals surface area (Å²) >= 11 is 0. The van der Waals surface area contributed by atoms with E-state index in [4.69, 9.17) is 14.2 Å². The normalized spacial score (nSPS) is 22.4. The Bertz CT molecular complexity index is 517. The molecule has 0 amide bonds. The second-order valence-corrected chi connectivity index (χ2v) is 6.58.